The number of nitro groups is 2. The standard InChI is InChI=1S/C15H14N4O8S/c1-26-14-7-10(13(19(22)23)8-15(14)27-2)9-16-17-28(24,25)12-5-3-11(4-6-12)18(20)21/h3-9,17H,1-2H3/b16-9-. The second-order valence-electron chi connectivity index (χ2n) is 5.13. The number of nitrogens with one attached hydrogen (secondary N) is 1. The van der Waals surface area contributed by atoms with Gasteiger partial charge in [-0.25, -0.2) is 4.83 Å². The van der Waals surface area contributed by atoms with Gasteiger partial charge in [0.05, 0.1) is 46.8 Å². The van der Waals surface area contributed by atoms with Gasteiger partial charge in [-0.2, -0.15) is 13.5 Å². The maximum absolute atomic E-state index is 12.2. The second-order valence-corrected chi connectivity index (χ2v) is 6.79. The smallest absolute Gasteiger partial charge is 0.282 e. The molecule has 13 heteroatoms. The van der Waals surface area contributed by atoms with E-state index in [-0.39, 0.29) is 33.3 Å². The van der Waals surface area contributed by atoms with Crippen LogP contribution in [0.25, 0.3) is 0 Å². The van der Waals surface area contributed by atoms with Crippen molar-refractivity contribution >= 4 is 27.6 Å². The van der Waals surface area contributed by atoms with E-state index in [1.807, 2.05) is 4.83 Å². The van der Waals surface area contributed by atoms with Crippen LogP contribution in [0.4, 0.5) is 11.4 Å². The van der Waals surface area contributed by atoms with Crippen LogP contribution in [-0.2, 0) is 10.0 Å². The van der Waals surface area contributed by atoms with Crippen molar-refractivity contribution in [2.75, 3.05) is 14.2 Å². The van der Waals surface area contributed by atoms with Gasteiger partial charge in [0.25, 0.3) is 21.4 Å². The highest BCUT2D eigenvalue weighted by molar-refractivity contribution is 7.89. The van der Waals surface area contributed by atoms with Gasteiger partial charge in [0.2, 0.25) is 0 Å². The number of sulfonamides is 1. The minimum Gasteiger partial charge on any atom is -0.493 e. The third kappa shape index (κ3) is 4.50. The summed E-state index contributed by atoms with van der Waals surface area (Å²) in [6.07, 6.45) is 0.934. The van der Waals surface area contributed by atoms with Crippen LogP contribution in [0, 0.1) is 20.2 Å². The zero-order valence-corrected chi connectivity index (χ0v) is 15.4. The zero-order valence-electron chi connectivity index (χ0n) is 14.6. The minimum absolute atomic E-state index is 0.0333. The van der Waals surface area contributed by atoms with Crippen molar-refractivity contribution in [2.45, 2.75) is 4.90 Å². The zero-order chi connectivity index (χ0) is 20.9. The molecular formula is C15H14N4O8S. The summed E-state index contributed by atoms with van der Waals surface area (Å²) in [4.78, 5) is 22.1. The molecule has 0 bridgehead atoms. The molecule has 0 aliphatic heterocycles. The summed E-state index contributed by atoms with van der Waals surface area (Å²) in [5, 5.41) is 25.4. The molecule has 1 N–H and O–H groups in total. The molecule has 148 valence electrons. The molecule has 0 atom stereocenters. The predicted molar refractivity (Wildman–Crippen MR) is 97.2 cm³/mol. The normalized spacial score (nSPS) is 11.2. The Balaban J connectivity index is 2.30. The molecular weight excluding hydrogens is 396 g/mol. The number of nitro benzene ring substituents is 2. The van der Waals surface area contributed by atoms with Crippen molar-refractivity contribution < 1.29 is 27.7 Å². The highest BCUT2D eigenvalue weighted by Crippen LogP contribution is 2.33. The number of ether oxygens (including phenoxy) is 2. The van der Waals surface area contributed by atoms with Crippen LogP contribution in [0.1, 0.15) is 5.56 Å². The topological polar surface area (TPSA) is 163 Å². The Labute approximate surface area is 158 Å². The lowest BCUT2D eigenvalue weighted by Gasteiger charge is -2.08. The van der Waals surface area contributed by atoms with E-state index in [2.05, 4.69) is 5.10 Å². The van der Waals surface area contributed by atoms with Gasteiger partial charge < -0.3 is 9.47 Å². The molecule has 2 rings (SSSR count). The number of rotatable bonds is 8. The number of non-ortho nitro benzene ring substituents is 1. The Kier molecular flexibility index (Phi) is 6.10. The first-order valence-corrected chi connectivity index (χ1v) is 8.87. The van der Waals surface area contributed by atoms with E-state index in [1.165, 1.54) is 20.3 Å². The largest absolute Gasteiger partial charge is 0.493 e. The lowest BCUT2D eigenvalue weighted by atomic mass is 10.1. The first-order valence-electron chi connectivity index (χ1n) is 7.39. The predicted octanol–water partition coefficient (Wildman–Crippen LogP) is 1.83. The van der Waals surface area contributed by atoms with Gasteiger partial charge in [-0.15, -0.1) is 0 Å². The van der Waals surface area contributed by atoms with E-state index in [4.69, 9.17) is 9.47 Å². The van der Waals surface area contributed by atoms with E-state index in [0.29, 0.717) is 0 Å². The summed E-state index contributed by atoms with van der Waals surface area (Å²) in [7, 11) is -1.48. The second kappa shape index (κ2) is 8.30. The van der Waals surface area contributed by atoms with Crippen LogP contribution in [0.2, 0.25) is 0 Å². The maximum atomic E-state index is 12.2. The lowest BCUT2D eigenvalue weighted by molar-refractivity contribution is -0.385. The minimum atomic E-state index is -4.13. The third-order valence-electron chi connectivity index (χ3n) is 3.46. The SMILES string of the molecule is COc1cc(/C=N\NS(=O)(=O)c2ccc([N+](=O)[O-])cc2)c([N+](=O)[O-])cc1OC. The van der Waals surface area contributed by atoms with E-state index in [9.17, 15) is 28.6 Å². The van der Waals surface area contributed by atoms with Gasteiger partial charge in [-0.3, -0.25) is 20.2 Å². The van der Waals surface area contributed by atoms with Gasteiger partial charge >= 0.3 is 0 Å². The molecule has 0 aliphatic rings. The monoisotopic (exact) mass is 410 g/mol. The Morgan fingerprint density at radius 2 is 1.57 bits per heavy atom. The molecule has 0 saturated carbocycles. The van der Waals surface area contributed by atoms with Gasteiger partial charge in [-0.05, 0) is 18.2 Å². The average Bonchev–Trinajstić information content (AvgIpc) is 2.67. The summed E-state index contributed by atoms with van der Waals surface area (Å²) in [6, 6.07) is 6.50. The van der Waals surface area contributed by atoms with Crippen LogP contribution >= 0.6 is 0 Å². The summed E-state index contributed by atoms with van der Waals surface area (Å²) in [6.45, 7) is 0. The van der Waals surface area contributed by atoms with Crippen molar-refractivity contribution in [3.8, 4) is 11.5 Å². The Morgan fingerprint density at radius 1 is 1.00 bits per heavy atom. The summed E-state index contributed by atoms with van der Waals surface area (Å²) < 4.78 is 34.4. The van der Waals surface area contributed by atoms with E-state index in [0.717, 1.165) is 36.5 Å². The molecule has 0 aromatic heterocycles. The first-order chi connectivity index (χ1) is 13.2. The number of benzene rings is 2. The molecule has 0 spiro atoms. The Morgan fingerprint density at radius 3 is 2.07 bits per heavy atom. The number of hydrazone groups is 1. The van der Waals surface area contributed by atoms with Crippen molar-refractivity contribution in [3.63, 3.8) is 0 Å². The quantitative estimate of drug-likeness (QED) is 0.391. The summed E-state index contributed by atoms with van der Waals surface area (Å²) in [5.41, 5.74) is -0.687. The van der Waals surface area contributed by atoms with E-state index in [1.54, 1.807) is 0 Å². The molecule has 28 heavy (non-hydrogen) atoms. The average molecular weight is 410 g/mol. The van der Waals surface area contributed by atoms with E-state index < -0.39 is 19.9 Å². The van der Waals surface area contributed by atoms with Gasteiger partial charge in [-0.1, -0.05) is 0 Å². The van der Waals surface area contributed by atoms with Gasteiger partial charge in [0, 0.05) is 12.1 Å². The number of hydrogen-bond donors (Lipinski definition) is 1. The van der Waals surface area contributed by atoms with Crippen LogP contribution < -0.4 is 14.3 Å². The molecule has 12 nitrogen and oxygen atoms in total. The lowest BCUT2D eigenvalue weighted by Crippen LogP contribution is -2.18. The van der Waals surface area contributed by atoms with Crippen LogP contribution in [0.5, 0.6) is 11.5 Å². The summed E-state index contributed by atoms with van der Waals surface area (Å²) in [5.74, 6) is 0.311. The fourth-order valence-electron chi connectivity index (χ4n) is 2.11. The Bertz CT molecular complexity index is 1030. The molecule has 2 aromatic rings. The Hall–Kier alpha value is -3.74. The highest BCUT2D eigenvalue weighted by atomic mass is 32.2. The van der Waals surface area contributed by atoms with Crippen LogP contribution in [-0.4, -0.2) is 38.7 Å². The fourth-order valence-corrected chi connectivity index (χ4v) is 2.90. The summed E-state index contributed by atoms with van der Waals surface area (Å²) >= 11 is 0. The van der Waals surface area contributed by atoms with Crippen LogP contribution in [0.15, 0.2) is 46.4 Å². The molecule has 0 unspecified atom stereocenters. The van der Waals surface area contributed by atoms with Crippen molar-refractivity contribution in [1.29, 1.82) is 0 Å². The molecule has 0 amide bonds. The van der Waals surface area contributed by atoms with Crippen molar-refractivity contribution in [2.24, 2.45) is 5.10 Å². The number of nitrogens with zero attached hydrogens (tertiary/aromatic N) is 3. The van der Waals surface area contributed by atoms with Crippen molar-refractivity contribution in [1.82, 2.24) is 4.83 Å². The molecule has 0 fully saturated rings. The first kappa shape index (κ1) is 20.6. The van der Waals surface area contributed by atoms with Gasteiger partial charge in [0.1, 0.15) is 0 Å². The maximum Gasteiger partial charge on any atom is 0.282 e. The molecule has 0 aliphatic carbocycles. The molecule has 0 saturated heterocycles. The number of methoxy groups -OCH3 is 2. The third-order valence-corrected chi connectivity index (χ3v) is 4.70. The van der Waals surface area contributed by atoms with Gasteiger partial charge in [0.15, 0.2) is 11.5 Å². The van der Waals surface area contributed by atoms with E-state index >= 15 is 0 Å². The van der Waals surface area contributed by atoms with Crippen LogP contribution in [0.3, 0.4) is 0 Å². The van der Waals surface area contributed by atoms with Crippen molar-refractivity contribution in [3.05, 3.63) is 62.2 Å². The highest BCUT2D eigenvalue weighted by Gasteiger charge is 2.19. The molecule has 2 aromatic carbocycles. The molecule has 0 heterocycles. The fraction of sp³-hybridized carbons (Fsp3) is 0.133. The number of hydrogen-bond acceptors (Lipinski definition) is 9. The molecule has 0 radical (unpaired) electrons.